The molecule has 0 unspecified atom stereocenters. The Kier molecular flexibility index (Phi) is 7.21. The summed E-state index contributed by atoms with van der Waals surface area (Å²) in [6, 6.07) is 0. The highest BCUT2D eigenvalue weighted by atomic mass is 16.7. The minimum absolute atomic E-state index is 0.133. The Labute approximate surface area is 87.7 Å². The molecule has 0 aliphatic rings. The molecule has 0 atom stereocenters. The molecule has 0 rings (SSSR count). The molecule has 15 heavy (non-hydrogen) atoms. The molecule has 0 radical (unpaired) electrons. The van der Waals surface area contributed by atoms with Gasteiger partial charge in [-0.15, -0.1) is 0 Å². The van der Waals surface area contributed by atoms with E-state index in [1.807, 2.05) is 0 Å². The summed E-state index contributed by atoms with van der Waals surface area (Å²) in [4.78, 5) is 22.1. The highest BCUT2D eigenvalue weighted by Crippen LogP contribution is 1.97. The fourth-order valence-electron chi connectivity index (χ4n) is 0.621. The predicted molar refractivity (Wildman–Crippen MR) is 49.7 cm³/mol. The average molecular weight is 218 g/mol. The molecule has 0 fully saturated rings. The van der Waals surface area contributed by atoms with Crippen molar-refractivity contribution in [3.63, 3.8) is 0 Å². The summed E-state index contributed by atoms with van der Waals surface area (Å²) in [6.45, 7) is 1.12. The van der Waals surface area contributed by atoms with E-state index < -0.39 is 11.9 Å². The second kappa shape index (κ2) is 7.95. The number of hydrogen-bond acceptors (Lipinski definition) is 6. The molecular formula is C9H14O6. The first-order valence-corrected chi connectivity index (χ1v) is 4.12. The monoisotopic (exact) mass is 218 g/mol. The first-order chi connectivity index (χ1) is 7.11. The summed E-state index contributed by atoms with van der Waals surface area (Å²) in [5, 5.41) is 0. The largest absolute Gasteiger partial charge is 0.435 e. The van der Waals surface area contributed by atoms with Crippen molar-refractivity contribution in [2.75, 3.05) is 27.8 Å². The summed E-state index contributed by atoms with van der Waals surface area (Å²) in [6.07, 6.45) is 1.02. The van der Waals surface area contributed by atoms with Crippen molar-refractivity contribution in [3.8, 4) is 0 Å². The van der Waals surface area contributed by atoms with Gasteiger partial charge in [0, 0.05) is 25.9 Å². The molecule has 0 aliphatic carbocycles. The Morgan fingerprint density at radius 2 is 1.60 bits per heavy atom. The molecule has 6 nitrogen and oxygen atoms in total. The second-order valence-electron chi connectivity index (χ2n) is 2.54. The topological polar surface area (TPSA) is 71.1 Å². The maximum atomic E-state index is 11.1. The Balaban J connectivity index is 4.05. The van der Waals surface area contributed by atoms with E-state index in [1.54, 1.807) is 0 Å². The van der Waals surface area contributed by atoms with Crippen LogP contribution in [0.25, 0.3) is 0 Å². The van der Waals surface area contributed by atoms with Crippen LogP contribution >= 0.6 is 0 Å². The molecule has 0 spiro atoms. The van der Waals surface area contributed by atoms with Crippen LogP contribution < -0.4 is 0 Å². The van der Waals surface area contributed by atoms with Crippen LogP contribution in [0.3, 0.4) is 0 Å². The predicted octanol–water partition coefficient (Wildman–Crippen LogP) is 0.227. The van der Waals surface area contributed by atoms with Crippen LogP contribution in [0.4, 0.5) is 0 Å². The Bertz CT molecular complexity index is 245. The Morgan fingerprint density at radius 1 is 1.07 bits per heavy atom. The lowest BCUT2D eigenvalue weighted by Crippen LogP contribution is -2.11. The summed E-state index contributed by atoms with van der Waals surface area (Å²) in [5.41, 5.74) is 0.133. The number of carbonyl (C=O) groups is 2. The van der Waals surface area contributed by atoms with E-state index in [2.05, 4.69) is 18.9 Å². The lowest BCUT2D eigenvalue weighted by molar-refractivity contribution is -0.151. The molecular weight excluding hydrogens is 204 g/mol. The first-order valence-electron chi connectivity index (χ1n) is 4.12. The molecule has 0 saturated heterocycles. The van der Waals surface area contributed by atoms with E-state index >= 15 is 0 Å². The van der Waals surface area contributed by atoms with Crippen molar-refractivity contribution in [2.24, 2.45) is 0 Å². The van der Waals surface area contributed by atoms with Gasteiger partial charge in [0.25, 0.3) is 0 Å². The first kappa shape index (κ1) is 13.6. The molecule has 0 N–H and O–H groups in total. The number of rotatable bonds is 6. The molecule has 0 aromatic rings. The second-order valence-corrected chi connectivity index (χ2v) is 2.54. The van der Waals surface area contributed by atoms with Crippen molar-refractivity contribution < 1.29 is 28.5 Å². The van der Waals surface area contributed by atoms with Crippen molar-refractivity contribution in [3.05, 3.63) is 11.6 Å². The van der Waals surface area contributed by atoms with Crippen molar-refractivity contribution in [1.29, 1.82) is 0 Å². The quantitative estimate of drug-likeness (QED) is 0.361. The maximum absolute atomic E-state index is 11.1. The molecule has 6 heteroatoms. The highest BCUT2D eigenvalue weighted by molar-refractivity contribution is 5.95. The average Bonchev–Trinajstić information content (AvgIpc) is 2.22. The summed E-state index contributed by atoms with van der Waals surface area (Å²) < 4.78 is 18.2. The number of hydrogen-bond donors (Lipinski definition) is 0. The van der Waals surface area contributed by atoms with Gasteiger partial charge in [-0.05, 0) is 6.92 Å². The van der Waals surface area contributed by atoms with E-state index in [9.17, 15) is 9.59 Å². The Hall–Kier alpha value is -1.40. The van der Waals surface area contributed by atoms with Crippen LogP contribution in [0.5, 0.6) is 0 Å². The third-order valence-electron chi connectivity index (χ3n) is 1.28. The van der Waals surface area contributed by atoms with Gasteiger partial charge < -0.3 is 18.9 Å². The van der Waals surface area contributed by atoms with Crippen molar-refractivity contribution >= 4 is 11.9 Å². The molecule has 0 heterocycles. The zero-order valence-corrected chi connectivity index (χ0v) is 8.94. The molecule has 0 aromatic carbocycles. The molecule has 0 bridgehead atoms. The van der Waals surface area contributed by atoms with Gasteiger partial charge in [-0.25, -0.2) is 9.59 Å². The van der Waals surface area contributed by atoms with Gasteiger partial charge in [-0.1, -0.05) is 0 Å². The fraction of sp³-hybridized carbons (Fsp3) is 0.556. The van der Waals surface area contributed by atoms with E-state index in [-0.39, 0.29) is 19.2 Å². The molecule has 0 saturated carbocycles. The van der Waals surface area contributed by atoms with Gasteiger partial charge in [-0.3, -0.25) is 0 Å². The van der Waals surface area contributed by atoms with E-state index in [0.717, 1.165) is 6.08 Å². The lowest BCUT2D eigenvalue weighted by Gasteiger charge is -2.03. The van der Waals surface area contributed by atoms with Crippen molar-refractivity contribution in [1.82, 2.24) is 0 Å². The van der Waals surface area contributed by atoms with Gasteiger partial charge in [0.1, 0.15) is 0 Å². The molecule has 86 valence electrons. The van der Waals surface area contributed by atoms with E-state index in [4.69, 9.17) is 0 Å². The zero-order chi connectivity index (χ0) is 11.7. The minimum Gasteiger partial charge on any atom is -0.435 e. The standard InChI is InChI=1S/C9H14O6/c1-7(9(11)15-6-13-3)4-8(10)14-5-12-2/h4H,5-6H2,1-3H3/b7-4-. The number of methoxy groups -OCH3 is 2. The lowest BCUT2D eigenvalue weighted by atomic mass is 10.3. The van der Waals surface area contributed by atoms with Crippen LogP contribution in [0, 0.1) is 0 Å². The maximum Gasteiger partial charge on any atom is 0.336 e. The summed E-state index contributed by atoms with van der Waals surface area (Å²) in [7, 11) is 2.77. The van der Waals surface area contributed by atoms with Crippen LogP contribution in [0.1, 0.15) is 6.92 Å². The molecule has 0 amide bonds. The summed E-state index contributed by atoms with van der Waals surface area (Å²) >= 11 is 0. The summed E-state index contributed by atoms with van der Waals surface area (Å²) in [5.74, 6) is -1.30. The van der Waals surface area contributed by atoms with Gasteiger partial charge in [-0.2, -0.15) is 0 Å². The van der Waals surface area contributed by atoms with Gasteiger partial charge in [0.2, 0.25) is 0 Å². The fourth-order valence-corrected chi connectivity index (χ4v) is 0.621. The van der Waals surface area contributed by atoms with Gasteiger partial charge >= 0.3 is 11.9 Å². The minimum atomic E-state index is -0.663. The van der Waals surface area contributed by atoms with Crippen molar-refractivity contribution in [2.45, 2.75) is 6.92 Å². The van der Waals surface area contributed by atoms with Crippen LogP contribution in [-0.4, -0.2) is 39.7 Å². The van der Waals surface area contributed by atoms with Crippen LogP contribution in [-0.2, 0) is 28.5 Å². The third-order valence-corrected chi connectivity index (χ3v) is 1.28. The van der Waals surface area contributed by atoms with E-state index in [0.29, 0.717) is 0 Å². The highest BCUT2D eigenvalue weighted by Gasteiger charge is 2.08. The smallest absolute Gasteiger partial charge is 0.336 e. The number of esters is 2. The van der Waals surface area contributed by atoms with Crippen LogP contribution in [0.15, 0.2) is 11.6 Å². The normalized spacial score (nSPS) is 11.0. The van der Waals surface area contributed by atoms with Gasteiger partial charge in [0.05, 0.1) is 0 Å². The Morgan fingerprint density at radius 3 is 2.13 bits per heavy atom. The zero-order valence-electron chi connectivity index (χ0n) is 8.94. The number of ether oxygens (including phenoxy) is 4. The molecule has 0 aromatic heterocycles. The van der Waals surface area contributed by atoms with Crippen LogP contribution in [0.2, 0.25) is 0 Å². The number of carbonyl (C=O) groups excluding carboxylic acids is 2. The SMILES string of the molecule is COCOC(=O)/C=C(/C)C(=O)OCOC. The third kappa shape index (κ3) is 6.64. The van der Waals surface area contributed by atoms with E-state index in [1.165, 1.54) is 21.1 Å². The molecule has 0 aliphatic heterocycles. The van der Waals surface area contributed by atoms with Gasteiger partial charge in [0.15, 0.2) is 13.6 Å².